The molecule has 3 aliphatic carbocycles. The molecule has 0 aromatic heterocycles. The van der Waals surface area contributed by atoms with E-state index in [1.165, 1.54) is 12.1 Å². The van der Waals surface area contributed by atoms with Crippen LogP contribution in [0.15, 0.2) is 54.6 Å². The van der Waals surface area contributed by atoms with Gasteiger partial charge in [0, 0.05) is 12.4 Å². The number of halogens is 3. The van der Waals surface area contributed by atoms with Crippen molar-refractivity contribution in [2.24, 2.45) is 23.0 Å². The second-order valence-corrected chi connectivity index (χ2v) is 12.0. The summed E-state index contributed by atoms with van der Waals surface area (Å²) in [6.45, 7) is 6.97. The van der Waals surface area contributed by atoms with Gasteiger partial charge in [0.15, 0.2) is 0 Å². The maximum absolute atomic E-state index is 12.9. The minimum absolute atomic E-state index is 0.0274. The SMILES string of the molecule is CC1(C)[C@H]2C[C@@H]3OB(C(CNC(=O)[C@@H](N)Cc4ccccc4)Cc4ccc(OC(F)(F)F)cc4)O[C@]3(C)[C@@H]1C2. The van der Waals surface area contributed by atoms with Gasteiger partial charge in [0.25, 0.3) is 0 Å². The molecule has 1 unspecified atom stereocenters. The van der Waals surface area contributed by atoms with Crippen molar-refractivity contribution in [3.8, 4) is 5.75 Å². The van der Waals surface area contributed by atoms with Crippen molar-refractivity contribution < 1.29 is 32.0 Å². The predicted octanol–water partition coefficient (Wildman–Crippen LogP) is 4.91. The van der Waals surface area contributed by atoms with E-state index < -0.39 is 25.1 Å². The lowest BCUT2D eigenvalue weighted by Gasteiger charge is -2.64. The number of alkyl halides is 3. The smallest absolute Gasteiger partial charge is 0.406 e. The van der Waals surface area contributed by atoms with Gasteiger partial charge in [-0.25, -0.2) is 0 Å². The first kappa shape index (κ1) is 28.0. The summed E-state index contributed by atoms with van der Waals surface area (Å²) < 4.78 is 55.0. The zero-order chi connectivity index (χ0) is 28.0. The maximum Gasteiger partial charge on any atom is 0.573 e. The van der Waals surface area contributed by atoms with E-state index in [0.717, 1.165) is 24.0 Å². The Labute approximate surface area is 227 Å². The normalized spacial score (nSPS) is 28.7. The summed E-state index contributed by atoms with van der Waals surface area (Å²) in [6, 6.07) is 14.6. The average molecular weight is 544 g/mol. The molecule has 1 heterocycles. The Morgan fingerprint density at radius 3 is 2.38 bits per heavy atom. The number of amides is 1. The Balaban J connectivity index is 1.29. The molecule has 210 valence electrons. The van der Waals surface area contributed by atoms with Crippen LogP contribution in [-0.2, 0) is 26.9 Å². The minimum Gasteiger partial charge on any atom is -0.406 e. The van der Waals surface area contributed by atoms with Crippen LogP contribution in [-0.4, -0.2) is 43.7 Å². The largest absolute Gasteiger partial charge is 0.573 e. The number of nitrogens with two attached hydrogens (primary N) is 1. The molecule has 6 atom stereocenters. The summed E-state index contributed by atoms with van der Waals surface area (Å²) in [4.78, 5) is 12.9. The van der Waals surface area contributed by atoms with Crippen LogP contribution in [0.3, 0.4) is 0 Å². The number of rotatable bonds is 9. The Hall–Kier alpha value is -2.56. The van der Waals surface area contributed by atoms with Crippen molar-refractivity contribution in [3.63, 3.8) is 0 Å². The van der Waals surface area contributed by atoms with E-state index in [4.69, 9.17) is 15.0 Å². The van der Waals surface area contributed by atoms with Crippen LogP contribution in [0.5, 0.6) is 5.75 Å². The number of hydrogen-bond acceptors (Lipinski definition) is 5. The van der Waals surface area contributed by atoms with Crippen LogP contribution >= 0.6 is 0 Å². The zero-order valence-corrected chi connectivity index (χ0v) is 22.5. The average Bonchev–Trinajstić information content (AvgIpc) is 3.24. The molecule has 6 rings (SSSR count). The van der Waals surface area contributed by atoms with Gasteiger partial charge >= 0.3 is 13.5 Å². The van der Waals surface area contributed by atoms with Gasteiger partial charge in [-0.05, 0) is 73.1 Å². The molecule has 1 saturated heterocycles. The fourth-order valence-corrected chi connectivity index (χ4v) is 6.82. The first-order chi connectivity index (χ1) is 18.3. The number of nitrogens with one attached hydrogen (secondary N) is 1. The molecule has 6 nitrogen and oxygen atoms in total. The molecular formula is C29H36BF3N2O4. The minimum atomic E-state index is -4.75. The molecule has 0 radical (unpaired) electrons. The van der Waals surface area contributed by atoms with E-state index in [-0.39, 0.29) is 35.5 Å². The Morgan fingerprint density at radius 2 is 1.74 bits per heavy atom. The van der Waals surface area contributed by atoms with E-state index in [0.29, 0.717) is 24.7 Å². The number of carbonyl (C=O) groups excluding carboxylic acids is 1. The number of benzene rings is 2. The molecule has 3 N–H and O–H groups in total. The molecular weight excluding hydrogens is 508 g/mol. The number of carbonyl (C=O) groups is 1. The molecule has 39 heavy (non-hydrogen) atoms. The molecule has 4 aliphatic rings. The highest BCUT2D eigenvalue weighted by Gasteiger charge is 2.68. The number of hydrogen-bond donors (Lipinski definition) is 2. The van der Waals surface area contributed by atoms with E-state index in [1.807, 2.05) is 30.3 Å². The molecule has 10 heteroatoms. The summed E-state index contributed by atoms with van der Waals surface area (Å²) in [5, 5.41) is 2.98. The van der Waals surface area contributed by atoms with Gasteiger partial charge in [-0.2, -0.15) is 0 Å². The lowest BCUT2D eigenvalue weighted by Crippen LogP contribution is -2.65. The van der Waals surface area contributed by atoms with E-state index >= 15 is 0 Å². The first-order valence-corrected chi connectivity index (χ1v) is 13.6. The van der Waals surface area contributed by atoms with E-state index in [9.17, 15) is 18.0 Å². The van der Waals surface area contributed by atoms with Crippen LogP contribution in [0.4, 0.5) is 13.2 Å². The molecule has 2 aromatic rings. The fourth-order valence-electron chi connectivity index (χ4n) is 6.82. The summed E-state index contributed by atoms with van der Waals surface area (Å²) in [7, 11) is -0.563. The van der Waals surface area contributed by atoms with Gasteiger partial charge in [0.1, 0.15) is 5.75 Å². The van der Waals surface area contributed by atoms with Gasteiger partial charge in [-0.1, -0.05) is 56.3 Å². The lowest BCUT2D eigenvalue weighted by atomic mass is 9.43. The monoisotopic (exact) mass is 544 g/mol. The molecule has 1 aliphatic heterocycles. The fraction of sp³-hybridized carbons (Fsp3) is 0.552. The molecule has 3 saturated carbocycles. The third-order valence-corrected chi connectivity index (χ3v) is 9.18. The van der Waals surface area contributed by atoms with Crippen molar-refractivity contribution >= 4 is 13.0 Å². The molecule has 0 spiro atoms. The van der Waals surface area contributed by atoms with Gasteiger partial charge in [-0.3, -0.25) is 4.79 Å². The lowest BCUT2D eigenvalue weighted by molar-refractivity contribution is -0.274. The molecule has 1 amide bonds. The molecule has 2 aromatic carbocycles. The van der Waals surface area contributed by atoms with Crippen molar-refractivity contribution in [2.45, 2.75) is 76.4 Å². The summed E-state index contributed by atoms with van der Waals surface area (Å²) in [6.07, 6.45) is -1.88. The van der Waals surface area contributed by atoms with E-state index in [2.05, 4.69) is 30.8 Å². The molecule has 4 fully saturated rings. The highest BCUT2D eigenvalue weighted by molar-refractivity contribution is 6.47. The Morgan fingerprint density at radius 1 is 1.08 bits per heavy atom. The van der Waals surface area contributed by atoms with Gasteiger partial charge in [0.05, 0.1) is 17.7 Å². The van der Waals surface area contributed by atoms with Crippen LogP contribution in [0.1, 0.15) is 44.7 Å². The van der Waals surface area contributed by atoms with Gasteiger partial charge in [-0.15, -0.1) is 13.2 Å². The van der Waals surface area contributed by atoms with Crippen molar-refractivity contribution in [1.82, 2.24) is 5.32 Å². The molecule has 2 bridgehead atoms. The topological polar surface area (TPSA) is 82.8 Å². The Kier molecular flexibility index (Phi) is 7.50. The first-order valence-electron chi connectivity index (χ1n) is 13.6. The van der Waals surface area contributed by atoms with Gasteiger partial charge in [0.2, 0.25) is 5.91 Å². The van der Waals surface area contributed by atoms with Gasteiger partial charge < -0.3 is 25.1 Å². The maximum atomic E-state index is 12.9. The number of ether oxygens (including phenoxy) is 1. The van der Waals surface area contributed by atoms with Crippen LogP contribution < -0.4 is 15.8 Å². The summed E-state index contributed by atoms with van der Waals surface area (Å²) in [5.41, 5.74) is 7.72. The second-order valence-electron chi connectivity index (χ2n) is 12.0. The third-order valence-electron chi connectivity index (χ3n) is 9.18. The standard InChI is InChI=1S/C29H36BF3N2O4/c1-27(2)20-15-24(27)28(3)25(16-20)38-30(39-28)21(13-19-9-11-22(12-10-19)37-29(31,32)33)17-35-26(36)23(34)14-18-7-5-4-6-8-18/h4-12,20-21,23-25H,13-17,34H2,1-3H3,(H,35,36)/t20-,21?,23+,24-,25+,28-/m1/s1. The van der Waals surface area contributed by atoms with E-state index in [1.54, 1.807) is 12.1 Å². The van der Waals surface area contributed by atoms with Crippen LogP contribution in [0.2, 0.25) is 5.82 Å². The highest BCUT2D eigenvalue weighted by Crippen LogP contribution is 2.66. The van der Waals surface area contributed by atoms with Crippen LogP contribution in [0.25, 0.3) is 0 Å². The Bertz CT molecular complexity index is 1160. The second kappa shape index (κ2) is 10.4. The van der Waals surface area contributed by atoms with Crippen molar-refractivity contribution in [1.29, 1.82) is 0 Å². The summed E-state index contributed by atoms with van der Waals surface area (Å²) >= 11 is 0. The quantitative estimate of drug-likeness (QED) is 0.439. The van der Waals surface area contributed by atoms with Crippen LogP contribution in [0, 0.1) is 17.3 Å². The highest BCUT2D eigenvalue weighted by atomic mass is 19.4. The summed E-state index contributed by atoms with van der Waals surface area (Å²) in [5.74, 6) is 0.153. The van der Waals surface area contributed by atoms with Crippen molar-refractivity contribution in [2.75, 3.05) is 6.54 Å². The third kappa shape index (κ3) is 5.83. The predicted molar refractivity (Wildman–Crippen MR) is 142 cm³/mol. The zero-order valence-electron chi connectivity index (χ0n) is 22.5. The van der Waals surface area contributed by atoms with Crippen molar-refractivity contribution in [3.05, 3.63) is 65.7 Å².